The van der Waals surface area contributed by atoms with Crippen LogP contribution in [0.5, 0.6) is 0 Å². The van der Waals surface area contributed by atoms with Crippen LogP contribution in [-0.4, -0.2) is 27.0 Å². The van der Waals surface area contributed by atoms with E-state index < -0.39 is 6.04 Å². The molecule has 3 aromatic rings. The summed E-state index contributed by atoms with van der Waals surface area (Å²) in [7, 11) is 0. The highest BCUT2D eigenvalue weighted by molar-refractivity contribution is 5.98. The van der Waals surface area contributed by atoms with Crippen molar-refractivity contribution in [2.45, 2.75) is 25.3 Å². The third kappa shape index (κ3) is 3.71. The number of carbonyl (C=O) groups is 1. The molecule has 2 heterocycles. The number of hydrogen-bond donors (Lipinski definition) is 3. The fraction of sp³-hybridized carbons (Fsp3) is 0.190. The van der Waals surface area contributed by atoms with Crippen LogP contribution >= 0.6 is 0 Å². The Labute approximate surface area is 160 Å². The summed E-state index contributed by atoms with van der Waals surface area (Å²) in [6, 6.07) is 10.6. The number of aliphatic hydroxyl groups is 1. The number of benzene rings is 1. The number of nitrogens with zero attached hydrogens (tertiary/aromatic N) is 2. The first-order chi connectivity index (χ1) is 13.5. The van der Waals surface area contributed by atoms with Crippen LogP contribution in [0.25, 0.3) is 10.9 Å². The number of allylic oxidation sites excluding steroid dienone is 1. The number of aromatic amines is 1. The second-order valence-corrected chi connectivity index (χ2v) is 6.80. The van der Waals surface area contributed by atoms with Crippen LogP contribution in [0, 0.1) is 17.1 Å². The first kappa shape index (κ1) is 17.7. The Hall–Kier alpha value is -3.66. The van der Waals surface area contributed by atoms with Gasteiger partial charge in [-0.15, -0.1) is 0 Å². The molecule has 28 heavy (non-hydrogen) atoms. The van der Waals surface area contributed by atoms with Gasteiger partial charge in [0.2, 0.25) is 0 Å². The molecule has 1 aliphatic carbocycles. The van der Waals surface area contributed by atoms with Crippen molar-refractivity contribution < 1.29 is 14.3 Å². The normalized spacial score (nSPS) is 13.8. The molecule has 0 radical (unpaired) electrons. The van der Waals surface area contributed by atoms with Crippen molar-refractivity contribution in [1.82, 2.24) is 15.3 Å². The summed E-state index contributed by atoms with van der Waals surface area (Å²) < 4.78 is 13.1. The Morgan fingerprint density at radius 1 is 1.32 bits per heavy atom. The Balaban J connectivity index is 1.57. The number of halogens is 1. The lowest BCUT2D eigenvalue weighted by molar-refractivity contribution is 0.0929. The average molecular weight is 376 g/mol. The quantitative estimate of drug-likeness (QED) is 0.593. The maximum atomic E-state index is 13.1. The van der Waals surface area contributed by atoms with Crippen LogP contribution in [0.3, 0.4) is 0 Å². The van der Waals surface area contributed by atoms with Crippen molar-refractivity contribution >= 4 is 16.8 Å². The molecule has 0 saturated heterocycles. The van der Waals surface area contributed by atoms with Crippen molar-refractivity contribution in [3.05, 3.63) is 76.7 Å². The lowest BCUT2D eigenvalue weighted by Gasteiger charge is -2.18. The topological polar surface area (TPSA) is 102 Å². The number of aliphatic hydroxyl groups excluding tert-OH is 1. The second kappa shape index (κ2) is 7.16. The van der Waals surface area contributed by atoms with Gasteiger partial charge < -0.3 is 15.4 Å². The zero-order chi connectivity index (χ0) is 19.7. The molecule has 2 aromatic heterocycles. The molecule has 0 unspecified atom stereocenters. The maximum Gasteiger partial charge on any atom is 0.268 e. The summed E-state index contributed by atoms with van der Waals surface area (Å²) in [4.78, 5) is 19.7. The van der Waals surface area contributed by atoms with E-state index in [1.54, 1.807) is 24.3 Å². The highest BCUT2D eigenvalue weighted by atomic mass is 19.1. The third-order valence-corrected chi connectivity index (χ3v) is 4.72. The molecule has 1 saturated carbocycles. The van der Waals surface area contributed by atoms with E-state index in [-0.39, 0.29) is 23.2 Å². The van der Waals surface area contributed by atoms with Gasteiger partial charge in [-0.05, 0) is 54.7 Å². The zero-order valence-electron chi connectivity index (χ0n) is 14.9. The summed E-state index contributed by atoms with van der Waals surface area (Å²) in [5.74, 6) is -0.547. The van der Waals surface area contributed by atoms with Crippen molar-refractivity contribution in [3.8, 4) is 6.07 Å². The minimum atomic E-state index is -0.602. The zero-order valence-corrected chi connectivity index (χ0v) is 14.9. The van der Waals surface area contributed by atoms with E-state index in [4.69, 9.17) is 5.26 Å². The molecule has 6 nitrogen and oxygen atoms in total. The molecule has 1 aromatic carbocycles. The number of nitriles is 1. The number of pyridine rings is 1. The first-order valence-electron chi connectivity index (χ1n) is 8.88. The molecule has 1 atom stereocenters. The molecule has 1 aliphatic rings. The number of nitrogens with one attached hydrogen (secondary N) is 2. The van der Waals surface area contributed by atoms with Gasteiger partial charge in [-0.1, -0.05) is 12.1 Å². The van der Waals surface area contributed by atoms with Crippen LogP contribution in [0.2, 0.25) is 0 Å². The Morgan fingerprint density at radius 2 is 2.07 bits per heavy atom. The molecular formula is C21H17FN4O2. The van der Waals surface area contributed by atoms with E-state index in [9.17, 15) is 14.3 Å². The van der Waals surface area contributed by atoms with E-state index in [0.717, 1.165) is 24.0 Å². The fourth-order valence-corrected chi connectivity index (χ4v) is 3.09. The maximum absolute atomic E-state index is 13.1. The van der Waals surface area contributed by atoms with Crippen LogP contribution < -0.4 is 5.32 Å². The summed E-state index contributed by atoms with van der Waals surface area (Å²) in [6.07, 6.45) is 3.49. The van der Waals surface area contributed by atoms with E-state index in [1.165, 1.54) is 18.3 Å². The molecular weight excluding hydrogens is 359 g/mol. The molecule has 0 aliphatic heterocycles. The number of aromatic nitrogens is 2. The molecule has 4 rings (SSSR count). The largest absolute Gasteiger partial charge is 0.510 e. The van der Waals surface area contributed by atoms with Crippen molar-refractivity contribution in [2.24, 2.45) is 0 Å². The predicted molar refractivity (Wildman–Crippen MR) is 101 cm³/mol. The number of rotatable bonds is 5. The molecule has 0 bridgehead atoms. The lowest BCUT2D eigenvalue weighted by atomic mass is 10.0. The third-order valence-electron chi connectivity index (χ3n) is 4.72. The number of amides is 1. The number of H-pyrrole nitrogens is 1. The van der Waals surface area contributed by atoms with Gasteiger partial charge in [-0.2, -0.15) is 5.26 Å². The molecule has 7 heteroatoms. The van der Waals surface area contributed by atoms with E-state index >= 15 is 0 Å². The van der Waals surface area contributed by atoms with Gasteiger partial charge in [0.05, 0.1) is 17.8 Å². The molecule has 3 N–H and O–H groups in total. The fourth-order valence-electron chi connectivity index (χ4n) is 3.09. The minimum absolute atomic E-state index is 0.169. The van der Waals surface area contributed by atoms with E-state index in [0.29, 0.717) is 23.0 Å². The Bertz CT molecular complexity index is 1120. The molecule has 1 amide bonds. The van der Waals surface area contributed by atoms with Gasteiger partial charge in [-0.3, -0.25) is 4.79 Å². The molecule has 0 spiro atoms. The average Bonchev–Trinajstić information content (AvgIpc) is 3.46. The van der Waals surface area contributed by atoms with Gasteiger partial charge in [0.25, 0.3) is 5.91 Å². The first-order valence-corrected chi connectivity index (χ1v) is 8.88. The number of carbonyl (C=O) groups excluding carboxylic acids is 1. The lowest BCUT2D eigenvalue weighted by Crippen LogP contribution is -2.38. The van der Waals surface area contributed by atoms with Crippen molar-refractivity contribution in [3.63, 3.8) is 0 Å². The second-order valence-electron chi connectivity index (χ2n) is 6.80. The Morgan fingerprint density at radius 3 is 2.75 bits per heavy atom. The monoisotopic (exact) mass is 376 g/mol. The molecule has 140 valence electrons. The minimum Gasteiger partial charge on any atom is -0.510 e. The smallest absolute Gasteiger partial charge is 0.268 e. The van der Waals surface area contributed by atoms with Crippen LogP contribution in [-0.2, 0) is 6.42 Å². The highest BCUT2D eigenvalue weighted by Gasteiger charge is 2.26. The van der Waals surface area contributed by atoms with Gasteiger partial charge in [0.15, 0.2) is 0 Å². The van der Waals surface area contributed by atoms with Crippen LogP contribution in [0.4, 0.5) is 4.39 Å². The predicted octanol–water partition coefficient (Wildman–Crippen LogP) is 3.52. The van der Waals surface area contributed by atoms with Gasteiger partial charge in [0.1, 0.15) is 29.0 Å². The SMILES string of the molecule is N#Cc1cc2cc(C(=O)N[C@@H](Cc3ccc(F)cc3)C(O)=C3CC3)[nH]c2cn1. The van der Waals surface area contributed by atoms with E-state index in [1.807, 2.05) is 6.07 Å². The van der Waals surface area contributed by atoms with E-state index in [2.05, 4.69) is 15.3 Å². The van der Waals surface area contributed by atoms with Crippen molar-refractivity contribution in [1.29, 1.82) is 5.26 Å². The summed E-state index contributed by atoms with van der Waals surface area (Å²) in [6.45, 7) is 0. The number of fused-ring (bicyclic) bond motifs is 1. The standard InChI is InChI=1S/C21H17FN4O2/c22-15-5-1-12(2-6-15)7-17(20(27)13-3-4-13)26-21(28)18-9-14-8-16(10-23)24-11-19(14)25-18/h1-2,5-6,8-9,11,17,25,27H,3-4,7H2,(H,26,28)/t17-/m0/s1. The van der Waals surface area contributed by atoms with Crippen LogP contribution in [0.1, 0.15) is 34.6 Å². The van der Waals surface area contributed by atoms with Crippen molar-refractivity contribution in [2.75, 3.05) is 0 Å². The summed E-state index contributed by atoms with van der Waals surface area (Å²) >= 11 is 0. The number of hydrogen-bond acceptors (Lipinski definition) is 4. The summed E-state index contributed by atoms with van der Waals surface area (Å²) in [5.41, 5.74) is 2.95. The van der Waals surface area contributed by atoms with Gasteiger partial charge >= 0.3 is 0 Å². The van der Waals surface area contributed by atoms with Crippen LogP contribution in [0.15, 0.2) is 53.9 Å². The summed E-state index contributed by atoms with van der Waals surface area (Å²) in [5, 5.41) is 23.0. The highest BCUT2D eigenvalue weighted by Crippen LogP contribution is 2.32. The van der Waals surface area contributed by atoms with Gasteiger partial charge in [-0.25, -0.2) is 9.37 Å². The Kier molecular flexibility index (Phi) is 4.53. The molecule has 1 fully saturated rings. The van der Waals surface area contributed by atoms with Gasteiger partial charge in [0, 0.05) is 5.39 Å².